The van der Waals surface area contributed by atoms with E-state index in [-0.39, 0.29) is 19.1 Å². The van der Waals surface area contributed by atoms with Gasteiger partial charge in [-0.2, -0.15) is 0 Å². The Balaban J connectivity index is 1.80. The topological polar surface area (TPSA) is 146 Å². The molecule has 0 saturated carbocycles. The maximum Gasteiger partial charge on any atom is 0.326 e. The molecule has 13 heteroatoms. The number of nitrogens with zero attached hydrogens (tertiary/aromatic N) is 4. The zero-order valence-corrected chi connectivity index (χ0v) is 24.3. The summed E-state index contributed by atoms with van der Waals surface area (Å²) in [5, 5.41) is 6.86. The first-order valence-corrected chi connectivity index (χ1v) is 14.7. The maximum absolute atomic E-state index is 14.4. The molecule has 0 fully saturated rings. The fourth-order valence-electron chi connectivity index (χ4n) is 3.94. The van der Waals surface area contributed by atoms with E-state index >= 15 is 0 Å². The molecule has 0 aliphatic rings. The number of carbonyl (C=O) groups excluding carboxylic acids is 1. The molecular formula is C25H37ClN7O4P. The van der Waals surface area contributed by atoms with E-state index < -0.39 is 24.5 Å². The summed E-state index contributed by atoms with van der Waals surface area (Å²) in [5.74, 6) is -0.206. The van der Waals surface area contributed by atoms with Crippen LogP contribution in [0.25, 0.3) is 11.2 Å². The fourth-order valence-corrected chi connectivity index (χ4v) is 6.74. The monoisotopic (exact) mass is 565 g/mol. The van der Waals surface area contributed by atoms with Crippen molar-refractivity contribution in [3.8, 4) is 0 Å². The summed E-state index contributed by atoms with van der Waals surface area (Å²) < 4.78 is 27.6. The lowest BCUT2D eigenvalue weighted by atomic mass is 9.96. The average molecular weight is 566 g/mol. The third-order valence-corrected chi connectivity index (χ3v) is 8.46. The standard InChI is InChI=1S/C25H37ClN7O4P/c1-7-12-36-23(34)25(5,6)32-38(35,31-24(3,4)18-8-10-19(26)11-9-18)16-37-17(2)13-33-15-30-20-21(27)28-14-29-22(20)33/h8-11,14-15,17H,7,12-13,16H2,1-6H3,(H2,27,28,29)(H2,31,32,35)/t17-,38-/m1/s1. The molecule has 4 N–H and O–H groups in total. The summed E-state index contributed by atoms with van der Waals surface area (Å²) in [7, 11) is -3.55. The summed E-state index contributed by atoms with van der Waals surface area (Å²) in [6.07, 6.45) is 3.10. The summed E-state index contributed by atoms with van der Waals surface area (Å²) in [4.78, 5) is 25.3. The van der Waals surface area contributed by atoms with Crippen molar-refractivity contribution < 1.29 is 18.8 Å². The van der Waals surface area contributed by atoms with Gasteiger partial charge in [0.15, 0.2) is 11.5 Å². The molecule has 0 aliphatic heterocycles. The van der Waals surface area contributed by atoms with Crippen LogP contribution in [-0.4, -0.2) is 50.1 Å². The number of hydrogen-bond acceptors (Lipinski definition) is 8. The second kappa shape index (κ2) is 12.1. The second-order valence-electron chi connectivity index (χ2n) is 10.3. The number of carbonyl (C=O) groups is 1. The SMILES string of the molecule is CCCOC(=O)C(C)(C)N[P@@](=O)(CO[C@H](C)Cn1cnc2c(N)ncnc21)NC(C)(C)c1ccc(Cl)cc1. The third-order valence-electron chi connectivity index (χ3n) is 5.86. The molecule has 2 aromatic heterocycles. The Morgan fingerprint density at radius 2 is 1.84 bits per heavy atom. The summed E-state index contributed by atoms with van der Waals surface area (Å²) >= 11 is 6.07. The van der Waals surface area contributed by atoms with Gasteiger partial charge in [0.2, 0.25) is 7.44 Å². The van der Waals surface area contributed by atoms with Gasteiger partial charge < -0.3 is 19.8 Å². The number of fused-ring (bicyclic) bond motifs is 1. The van der Waals surface area contributed by atoms with Gasteiger partial charge in [0.1, 0.15) is 23.7 Å². The third kappa shape index (κ3) is 7.51. The Labute approximate surface area is 228 Å². The van der Waals surface area contributed by atoms with E-state index in [1.165, 1.54) is 6.33 Å². The quantitative estimate of drug-likeness (QED) is 0.200. The Kier molecular flexibility index (Phi) is 9.54. The molecule has 0 amide bonds. The van der Waals surface area contributed by atoms with Crippen LogP contribution < -0.4 is 15.9 Å². The van der Waals surface area contributed by atoms with Gasteiger partial charge in [0, 0.05) is 10.6 Å². The molecule has 38 heavy (non-hydrogen) atoms. The number of nitrogen functional groups attached to an aromatic ring is 1. The molecule has 1 aromatic carbocycles. The number of halogens is 1. The molecule has 0 aliphatic carbocycles. The van der Waals surface area contributed by atoms with E-state index in [1.54, 1.807) is 36.9 Å². The number of anilines is 1. The molecule has 0 unspecified atom stereocenters. The molecule has 0 saturated heterocycles. The number of aromatic nitrogens is 4. The van der Waals surface area contributed by atoms with Gasteiger partial charge in [-0.25, -0.2) is 25.1 Å². The second-order valence-corrected chi connectivity index (χ2v) is 12.9. The van der Waals surface area contributed by atoms with Crippen molar-refractivity contribution in [2.75, 3.05) is 18.7 Å². The van der Waals surface area contributed by atoms with Gasteiger partial charge in [-0.15, -0.1) is 0 Å². The van der Waals surface area contributed by atoms with Crippen molar-refractivity contribution in [2.45, 2.75) is 71.7 Å². The van der Waals surface area contributed by atoms with Crippen LogP contribution in [-0.2, 0) is 30.9 Å². The number of imidazole rings is 1. The van der Waals surface area contributed by atoms with E-state index in [4.69, 9.17) is 26.8 Å². The number of rotatable bonds is 13. The molecule has 208 valence electrons. The fraction of sp³-hybridized carbons (Fsp3) is 0.520. The van der Waals surface area contributed by atoms with Crippen molar-refractivity contribution in [1.82, 2.24) is 29.7 Å². The van der Waals surface area contributed by atoms with Crippen LogP contribution in [0.3, 0.4) is 0 Å². The number of benzene rings is 1. The lowest BCUT2D eigenvalue weighted by molar-refractivity contribution is -0.149. The lowest BCUT2D eigenvalue weighted by Crippen LogP contribution is -2.51. The van der Waals surface area contributed by atoms with E-state index in [0.717, 1.165) is 5.56 Å². The first kappa shape index (κ1) is 30.0. The van der Waals surface area contributed by atoms with E-state index in [9.17, 15) is 9.36 Å². The van der Waals surface area contributed by atoms with Crippen molar-refractivity contribution in [2.24, 2.45) is 0 Å². The minimum Gasteiger partial charge on any atom is -0.464 e. The number of ether oxygens (including phenoxy) is 2. The predicted octanol–water partition coefficient (Wildman–Crippen LogP) is 4.46. The van der Waals surface area contributed by atoms with Gasteiger partial charge >= 0.3 is 5.97 Å². The number of nitrogens with one attached hydrogen (secondary N) is 2. The van der Waals surface area contributed by atoms with Crippen LogP contribution in [0.2, 0.25) is 5.02 Å². The minimum absolute atomic E-state index is 0.195. The van der Waals surface area contributed by atoms with Crippen LogP contribution >= 0.6 is 19.0 Å². The maximum atomic E-state index is 14.4. The molecule has 2 heterocycles. The van der Waals surface area contributed by atoms with Crippen molar-refractivity contribution >= 4 is 42.0 Å². The highest BCUT2D eigenvalue weighted by molar-refractivity contribution is 7.59. The number of hydrogen-bond donors (Lipinski definition) is 3. The normalized spacial score (nSPS) is 14.8. The summed E-state index contributed by atoms with van der Waals surface area (Å²) in [6, 6.07) is 7.27. The largest absolute Gasteiger partial charge is 0.464 e. The number of esters is 1. The Morgan fingerprint density at radius 1 is 1.16 bits per heavy atom. The van der Waals surface area contributed by atoms with Gasteiger partial charge in [0.05, 0.1) is 25.6 Å². The van der Waals surface area contributed by atoms with Crippen LogP contribution in [0.15, 0.2) is 36.9 Å². The summed E-state index contributed by atoms with van der Waals surface area (Å²) in [6.45, 7) is 11.5. The molecule has 2 atom stereocenters. The Hall–Kier alpha value is -2.56. The van der Waals surface area contributed by atoms with Gasteiger partial charge in [-0.3, -0.25) is 9.36 Å². The van der Waals surface area contributed by atoms with E-state index in [1.807, 2.05) is 39.8 Å². The average Bonchev–Trinajstić information content (AvgIpc) is 3.24. The van der Waals surface area contributed by atoms with Crippen molar-refractivity contribution in [1.29, 1.82) is 0 Å². The van der Waals surface area contributed by atoms with Crippen LogP contribution in [0, 0.1) is 0 Å². The minimum atomic E-state index is -3.55. The zero-order chi connectivity index (χ0) is 28.1. The highest BCUT2D eigenvalue weighted by Crippen LogP contribution is 2.44. The predicted molar refractivity (Wildman–Crippen MR) is 149 cm³/mol. The molecular weight excluding hydrogens is 529 g/mol. The van der Waals surface area contributed by atoms with E-state index in [2.05, 4.69) is 25.1 Å². The first-order valence-electron chi connectivity index (χ1n) is 12.4. The molecule has 11 nitrogen and oxygen atoms in total. The highest BCUT2D eigenvalue weighted by Gasteiger charge is 2.40. The van der Waals surface area contributed by atoms with Crippen LogP contribution in [0.1, 0.15) is 53.5 Å². The first-order chi connectivity index (χ1) is 17.8. The van der Waals surface area contributed by atoms with Crippen LogP contribution in [0.4, 0.5) is 5.82 Å². The van der Waals surface area contributed by atoms with Gasteiger partial charge in [0.25, 0.3) is 0 Å². The Morgan fingerprint density at radius 3 is 2.50 bits per heavy atom. The smallest absolute Gasteiger partial charge is 0.326 e. The van der Waals surface area contributed by atoms with Crippen molar-refractivity contribution in [3.05, 3.63) is 47.5 Å². The molecule has 3 rings (SSSR count). The van der Waals surface area contributed by atoms with Gasteiger partial charge in [-0.05, 0) is 58.7 Å². The van der Waals surface area contributed by atoms with Crippen LogP contribution in [0.5, 0.6) is 0 Å². The molecule has 0 bridgehead atoms. The molecule has 0 spiro atoms. The van der Waals surface area contributed by atoms with Crippen molar-refractivity contribution in [3.63, 3.8) is 0 Å². The lowest BCUT2D eigenvalue weighted by Gasteiger charge is -2.37. The Bertz CT molecular complexity index is 1300. The van der Waals surface area contributed by atoms with Gasteiger partial charge in [-0.1, -0.05) is 30.7 Å². The number of nitrogens with two attached hydrogens (primary N) is 1. The highest BCUT2D eigenvalue weighted by atomic mass is 35.5. The summed E-state index contributed by atoms with van der Waals surface area (Å²) in [5.41, 5.74) is 5.85. The molecule has 3 aromatic rings. The van der Waals surface area contributed by atoms with E-state index in [0.29, 0.717) is 35.0 Å². The molecule has 0 radical (unpaired) electrons. The zero-order valence-electron chi connectivity index (χ0n) is 22.7.